The summed E-state index contributed by atoms with van der Waals surface area (Å²) in [5, 5.41) is 3.45. The van der Waals surface area contributed by atoms with Crippen LogP contribution in [0.15, 0.2) is 77.6 Å². The number of anilines is 2. The first-order valence-electron chi connectivity index (χ1n) is 10.6. The molecule has 0 saturated heterocycles. The highest BCUT2D eigenvalue weighted by Gasteiger charge is 2.25. The third kappa shape index (κ3) is 3.64. The molecule has 5 rings (SSSR count). The fourth-order valence-corrected chi connectivity index (χ4v) is 4.55. The Labute approximate surface area is 184 Å². The van der Waals surface area contributed by atoms with Crippen molar-refractivity contribution in [3.63, 3.8) is 0 Å². The molecule has 0 fully saturated rings. The van der Waals surface area contributed by atoms with Crippen LogP contribution < -0.4 is 16.6 Å². The van der Waals surface area contributed by atoms with Crippen LogP contribution in [0.3, 0.4) is 0 Å². The number of rotatable bonds is 4. The molecule has 160 valence electrons. The molecule has 1 aliphatic carbocycles. The summed E-state index contributed by atoms with van der Waals surface area (Å²) in [6.45, 7) is 0.418. The second-order valence-corrected chi connectivity index (χ2v) is 8.26. The minimum absolute atomic E-state index is 0.0424. The fourth-order valence-electron chi connectivity index (χ4n) is 4.55. The van der Waals surface area contributed by atoms with E-state index < -0.39 is 5.91 Å². The van der Waals surface area contributed by atoms with Gasteiger partial charge in [-0.15, -0.1) is 0 Å². The van der Waals surface area contributed by atoms with Crippen molar-refractivity contribution in [2.45, 2.75) is 19.4 Å². The van der Waals surface area contributed by atoms with Gasteiger partial charge in [-0.3, -0.25) is 9.59 Å². The lowest BCUT2D eigenvalue weighted by Crippen LogP contribution is -2.31. The lowest BCUT2D eigenvalue weighted by atomic mass is 10.0. The number of nitrogens with one attached hydrogen (secondary N) is 1. The van der Waals surface area contributed by atoms with Crippen LogP contribution in [0.2, 0.25) is 0 Å². The molecule has 32 heavy (non-hydrogen) atoms. The van der Waals surface area contributed by atoms with Gasteiger partial charge >= 0.3 is 0 Å². The molecule has 3 aromatic carbocycles. The standard InChI is InChI=1S/C26H22FN3O2/c27-19-10-9-17-11-16(12-18(17)13-19)15-30-24-8-4-7-23(28)21(24)14-22(26(30)32)25(31)29-20-5-2-1-3-6-20/h1-10,13-14,16H,11-12,15,28H2,(H,29,31). The van der Waals surface area contributed by atoms with Crippen LogP contribution in [0.4, 0.5) is 15.8 Å². The van der Waals surface area contributed by atoms with E-state index >= 15 is 0 Å². The second-order valence-electron chi connectivity index (χ2n) is 8.26. The summed E-state index contributed by atoms with van der Waals surface area (Å²) in [5.74, 6) is -0.599. The van der Waals surface area contributed by atoms with Crippen molar-refractivity contribution in [2.75, 3.05) is 11.1 Å². The van der Waals surface area contributed by atoms with Gasteiger partial charge in [-0.2, -0.15) is 0 Å². The fraction of sp³-hybridized carbons (Fsp3) is 0.154. The molecule has 1 amide bonds. The quantitative estimate of drug-likeness (QED) is 0.474. The molecule has 1 heterocycles. The molecule has 0 saturated carbocycles. The van der Waals surface area contributed by atoms with Crippen LogP contribution in [0.25, 0.3) is 10.9 Å². The minimum Gasteiger partial charge on any atom is -0.398 e. The van der Waals surface area contributed by atoms with Gasteiger partial charge in [0.1, 0.15) is 11.4 Å². The molecule has 4 aromatic rings. The predicted molar refractivity (Wildman–Crippen MR) is 124 cm³/mol. The lowest BCUT2D eigenvalue weighted by molar-refractivity contribution is 0.102. The van der Waals surface area contributed by atoms with Gasteiger partial charge < -0.3 is 15.6 Å². The summed E-state index contributed by atoms with van der Waals surface area (Å²) in [6, 6.07) is 20.8. The molecular formula is C26H22FN3O2. The number of nitrogens with two attached hydrogens (primary N) is 1. The van der Waals surface area contributed by atoms with E-state index in [1.165, 1.54) is 6.07 Å². The molecular weight excluding hydrogens is 405 g/mol. The van der Waals surface area contributed by atoms with Crippen molar-refractivity contribution >= 4 is 28.2 Å². The summed E-state index contributed by atoms with van der Waals surface area (Å²) in [7, 11) is 0. The molecule has 0 bridgehead atoms. The van der Waals surface area contributed by atoms with Crippen molar-refractivity contribution in [1.82, 2.24) is 4.57 Å². The molecule has 0 radical (unpaired) electrons. The summed E-state index contributed by atoms with van der Waals surface area (Å²) in [6.07, 6.45) is 1.44. The molecule has 1 aliphatic rings. The van der Waals surface area contributed by atoms with Gasteiger partial charge in [-0.25, -0.2) is 4.39 Å². The number of fused-ring (bicyclic) bond motifs is 2. The zero-order chi connectivity index (χ0) is 22.2. The Bertz CT molecular complexity index is 1400. The van der Waals surface area contributed by atoms with Crippen molar-refractivity contribution in [3.8, 4) is 0 Å². The van der Waals surface area contributed by atoms with E-state index in [9.17, 15) is 14.0 Å². The van der Waals surface area contributed by atoms with Crippen LogP contribution >= 0.6 is 0 Å². The van der Waals surface area contributed by atoms with E-state index in [2.05, 4.69) is 5.32 Å². The number of aromatic nitrogens is 1. The number of para-hydroxylation sites is 1. The largest absolute Gasteiger partial charge is 0.398 e. The summed E-state index contributed by atoms with van der Waals surface area (Å²) < 4.78 is 15.3. The Morgan fingerprint density at radius 2 is 1.78 bits per heavy atom. The summed E-state index contributed by atoms with van der Waals surface area (Å²) >= 11 is 0. The first kappa shape index (κ1) is 20.0. The Morgan fingerprint density at radius 1 is 1.00 bits per heavy atom. The van der Waals surface area contributed by atoms with Gasteiger partial charge in [0.25, 0.3) is 11.5 Å². The van der Waals surface area contributed by atoms with Gasteiger partial charge in [0.2, 0.25) is 0 Å². The van der Waals surface area contributed by atoms with Crippen molar-refractivity contribution in [1.29, 1.82) is 0 Å². The van der Waals surface area contributed by atoms with Crippen LogP contribution in [0, 0.1) is 11.7 Å². The maximum absolute atomic E-state index is 13.6. The Balaban J connectivity index is 1.54. The van der Waals surface area contributed by atoms with Gasteiger partial charge in [-0.05, 0) is 72.4 Å². The Morgan fingerprint density at radius 3 is 2.59 bits per heavy atom. The van der Waals surface area contributed by atoms with Crippen LogP contribution in [0.1, 0.15) is 21.5 Å². The monoisotopic (exact) mass is 427 g/mol. The number of benzene rings is 3. The molecule has 1 atom stereocenters. The number of pyridine rings is 1. The van der Waals surface area contributed by atoms with Crippen LogP contribution in [-0.4, -0.2) is 10.5 Å². The third-order valence-corrected chi connectivity index (χ3v) is 6.07. The highest BCUT2D eigenvalue weighted by molar-refractivity contribution is 6.06. The van der Waals surface area contributed by atoms with E-state index in [0.717, 1.165) is 17.5 Å². The normalized spacial score (nSPS) is 15.0. The van der Waals surface area contributed by atoms with E-state index in [0.29, 0.717) is 35.2 Å². The molecule has 1 aromatic heterocycles. The Kier molecular flexibility index (Phi) is 4.98. The first-order valence-corrected chi connectivity index (χ1v) is 10.6. The number of nitrogen functional groups attached to an aromatic ring is 1. The zero-order valence-electron chi connectivity index (χ0n) is 17.3. The number of halogens is 1. The average molecular weight is 427 g/mol. The van der Waals surface area contributed by atoms with E-state index in [1.807, 2.05) is 30.3 Å². The SMILES string of the molecule is Nc1cccc2c1cc(C(=O)Nc1ccccc1)c(=O)n2CC1Cc2ccc(F)cc2C1. The number of carbonyl (C=O) groups is 1. The average Bonchev–Trinajstić information content (AvgIpc) is 3.18. The molecule has 3 N–H and O–H groups in total. The van der Waals surface area contributed by atoms with Crippen molar-refractivity contribution in [2.24, 2.45) is 5.92 Å². The van der Waals surface area contributed by atoms with Gasteiger partial charge in [0.05, 0.1) is 5.52 Å². The lowest BCUT2D eigenvalue weighted by Gasteiger charge is -2.17. The number of amides is 1. The molecule has 5 nitrogen and oxygen atoms in total. The Hall–Kier alpha value is -3.93. The van der Waals surface area contributed by atoms with Crippen molar-refractivity contribution in [3.05, 3.63) is 106 Å². The number of hydrogen-bond donors (Lipinski definition) is 2. The molecule has 0 spiro atoms. The molecule has 6 heteroatoms. The topological polar surface area (TPSA) is 77.1 Å². The van der Waals surface area contributed by atoms with Gasteiger partial charge in [-0.1, -0.05) is 30.3 Å². The highest BCUT2D eigenvalue weighted by atomic mass is 19.1. The summed E-state index contributed by atoms with van der Waals surface area (Å²) in [5.41, 5.74) is 9.76. The molecule has 1 unspecified atom stereocenters. The first-order chi connectivity index (χ1) is 15.5. The van der Waals surface area contributed by atoms with E-state index in [1.54, 1.807) is 41.0 Å². The summed E-state index contributed by atoms with van der Waals surface area (Å²) in [4.78, 5) is 26.4. The smallest absolute Gasteiger partial charge is 0.263 e. The van der Waals surface area contributed by atoms with Gasteiger partial charge in [0.15, 0.2) is 0 Å². The number of nitrogens with zero attached hydrogens (tertiary/aromatic N) is 1. The molecule has 0 aliphatic heterocycles. The second kappa shape index (κ2) is 7.96. The predicted octanol–water partition coefficient (Wildman–Crippen LogP) is 4.39. The van der Waals surface area contributed by atoms with E-state index in [4.69, 9.17) is 5.73 Å². The van der Waals surface area contributed by atoms with Crippen LogP contribution in [-0.2, 0) is 19.4 Å². The zero-order valence-corrected chi connectivity index (χ0v) is 17.3. The number of carbonyl (C=O) groups excluding carboxylic acids is 1. The van der Waals surface area contributed by atoms with E-state index in [-0.39, 0.29) is 22.9 Å². The van der Waals surface area contributed by atoms with Crippen molar-refractivity contribution < 1.29 is 9.18 Å². The van der Waals surface area contributed by atoms with Crippen LogP contribution in [0.5, 0.6) is 0 Å². The maximum atomic E-state index is 13.6. The highest BCUT2D eigenvalue weighted by Crippen LogP contribution is 2.30. The van der Waals surface area contributed by atoms with Gasteiger partial charge in [0, 0.05) is 23.3 Å². The number of hydrogen-bond acceptors (Lipinski definition) is 3. The maximum Gasteiger partial charge on any atom is 0.263 e. The third-order valence-electron chi connectivity index (χ3n) is 6.07. The minimum atomic E-state index is -0.475.